The van der Waals surface area contributed by atoms with Crippen LogP contribution in [0.1, 0.15) is 303 Å². The molecule has 0 spiro atoms. The maximum Gasteiger partial charge on any atom is 0.306 e. The Morgan fingerprint density at radius 2 is 0.481 bits per heavy atom. The highest BCUT2D eigenvalue weighted by atomic mass is 16.6. The quantitative estimate of drug-likeness (QED) is 0.0261. The molecule has 6 nitrogen and oxygen atoms in total. The second-order valence-corrected chi connectivity index (χ2v) is 22.0. The lowest BCUT2D eigenvalue weighted by Gasteiger charge is -2.18. The van der Waals surface area contributed by atoms with E-state index in [1.165, 1.54) is 116 Å². The van der Waals surface area contributed by atoms with Gasteiger partial charge in [-0.25, -0.2) is 0 Å². The average Bonchev–Trinajstić information content (AvgIpc) is 3.47. The summed E-state index contributed by atoms with van der Waals surface area (Å²) in [6, 6.07) is 0. The minimum Gasteiger partial charge on any atom is -0.462 e. The lowest BCUT2D eigenvalue weighted by Crippen LogP contribution is -2.30. The fourth-order valence-corrected chi connectivity index (χ4v) is 9.11. The lowest BCUT2D eigenvalue weighted by molar-refractivity contribution is -0.167. The fourth-order valence-electron chi connectivity index (χ4n) is 9.11. The Kier molecular flexibility index (Phi) is 64.3. The van der Waals surface area contributed by atoms with Crippen molar-refractivity contribution in [3.8, 4) is 0 Å². The zero-order chi connectivity index (χ0) is 58.5. The maximum atomic E-state index is 12.9. The van der Waals surface area contributed by atoms with Crippen LogP contribution in [0.5, 0.6) is 0 Å². The molecule has 0 aliphatic rings. The Morgan fingerprint density at radius 3 is 0.790 bits per heavy atom. The smallest absolute Gasteiger partial charge is 0.306 e. The third-order valence-corrected chi connectivity index (χ3v) is 14.1. The van der Waals surface area contributed by atoms with E-state index in [-0.39, 0.29) is 31.1 Å². The van der Waals surface area contributed by atoms with Crippen LogP contribution in [0.25, 0.3) is 0 Å². The monoisotopic (exact) mass is 1120 g/mol. The van der Waals surface area contributed by atoms with Gasteiger partial charge in [-0.1, -0.05) is 296 Å². The molecule has 0 aliphatic carbocycles. The van der Waals surface area contributed by atoms with Gasteiger partial charge in [-0.2, -0.15) is 0 Å². The average molecular weight is 1120 g/mol. The molecule has 0 aromatic heterocycles. The molecule has 0 rings (SSSR count). The van der Waals surface area contributed by atoms with Gasteiger partial charge in [0.05, 0.1) is 0 Å². The van der Waals surface area contributed by atoms with Gasteiger partial charge in [0, 0.05) is 19.3 Å². The van der Waals surface area contributed by atoms with Crippen molar-refractivity contribution in [1.29, 1.82) is 0 Å². The number of hydrogen-bond donors (Lipinski definition) is 0. The first-order chi connectivity index (χ1) is 40.0. The molecule has 0 N–H and O–H groups in total. The summed E-state index contributed by atoms with van der Waals surface area (Å²) in [5.41, 5.74) is 0. The molecular formula is C75H124O6. The normalized spacial score (nSPS) is 13.0. The van der Waals surface area contributed by atoms with Crippen LogP contribution in [0.3, 0.4) is 0 Å². The molecule has 0 heterocycles. The minimum atomic E-state index is -0.802. The molecule has 6 heteroatoms. The molecule has 81 heavy (non-hydrogen) atoms. The van der Waals surface area contributed by atoms with Crippen LogP contribution in [-0.4, -0.2) is 37.2 Å². The highest BCUT2D eigenvalue weighted by Gasteiger charge is 2.19. The van der Waals surface area contributed by atoms with Crippen molar-refractivity contribution in [3.05, 3.63) is 134 Å². The first kappa shape index (κ1) is 76.5. The maximum absolute atomic E-state index is 12.9. The summed E-state index contributed by atoms with van der Waals surface area (Å²) < 4.78 is 16.9. The van der Waals surface area contributed by atoms with Gasteiger partial charge in [-0.15, -0.1) is 0 Å². The SMILES string of the molecule is CC/C=C\C/C=C\C/C=C\C/C=C\C/C=C\C/C=C\C/C=C\C/C=C\C/C=C\CCCCCC(=O)OCC(COC(=O)CCCCCCC/C=C\C/C=C\CCCCC)OC(=O)CCCCCCCCCCCCCCCCCCC. The number of esters is 3. The number of hydrogen-bond acceptors (Lipinski definition) is 6. The van der Waals surface area contributed by atoms with Gasteiger partial charge in [-0.3, -0.25) is 14.4 Å². The third kappa shape index (κ3) is 66.2. The molecule has 0 saturated heterocycles. The van der Waals surface area contributed by atoms with Crippen molar-refractivity contribution >= 4 is 17.9 Å². The number of unbranched alkanes of at least 4 members (excludes halogenated alkanes) is 27. The van der Waals surface area contributed by atoms with Gasteiger partial charge in [0.2, 0.25) is 0 Å². The molecule has 0 saturated carbocycles. The van der Waals surface area contributed by atoms with Gasteiger partial charge in [0.1, 0.15) is 13.2 Å². The van der Waals surface area contributed by atoms with Crippen LogP contribution in [0.15, 0.2) is 134 Å². The van der Waals surface area contributed by atoms with Crippen molar-refractivity contribution < 1.29 is 28.6 Å². The van der Waals surface area contributed by atoms with Crippen LogP contribution in [0.4, 0.5) is 0 Å². The third-order valence-electron chi connectivity index (χ3n) is 14.1. The number of allylic oxidation sites excluding steroid dienone is 22. The summed E-state index contributed by atoms with van der Waals surface area (Å²) in [5, 5.41) is 0. The van der Waals surface area contributed by atoms with Crippen molar-refractivity contribution in [3.63, 3.8) is 0 Å². The molecule has 0 amide bonds. The van der Waals surface area contributed by atoms with E-state index in [9.17, 15) is 14.4 Å². The highest BCUT2D eigenvalue weighted by Crippen LogP contribution is 2.16. The summed E-state index contributed by atoms with van der Waals surface area (Å²) in [4.78, 5) is 38.4. The Morgan fingerprint density at radius 1 is 0.259 bits per heavy atom. The molecule has 0 radical (unpaired) electrons. The van der Waals surface area contributed by atoms with E-state index in [0.717, 1.165) is 148 Å². The van der Waals surface area contributed by atoms with E-state index in [0.29, 0.717) is 19.3 Å². The zero-order valence-corrected chi connectivity index (χ0v) is 52.8. The van der Waals surface area contributed by atoms with E-state index in [1.807, 2.05) is 0 Å². The van der Waals surface area contributed by atoms with Crippen molar-refractivity contribution in [1.82, 2.24) is 0 Å². The molecular weight excluding hydrogens is 997 g/mol. The van der Waals surface area contributed by atoms with E-state index in [2.05, 4.69) is 154 Å². The van der Waals surface area contributed by atoms with Gasteiger partial charge in [0.25, 0.3) is 0 Å². The molecule has 460 valence electrons. The predicted molar refractivity (Wildman–Crippen MR) is 353 cm³/mol. The summed E-state index contributed by atoms with van der Waals surface area (Å²) in [7, 11) is 0. The van der Waals surface area contributed by atoms with Crippen LogP contribution >= 0.6 is 0 Å². The van der Waals surface area contributed by atoms with Crippen LogP contribution < -0.4 is 0 Å². The van der Waals surface area contributed by atoms with Gasteiger partial charge < -0.3 is 14.2 Å². The summed E-state index contributed by atoms with van der Waals surface area (Å²) in [6.45, 7) is 6.48. The van der Waals surface area contributed by atoms with Crippen molar-refractivity contribution in [2.75, 3.05) is 13.2 Å². The molecule has 0 aromatic carbocycles. The summed E-state index contributed by atoms with van der Waals surface area (Å²) in [5.74, 6) is -0.936. The van der Waals surface area contributed by atoms with Gasteiger partial charge in [-0.05, 0) is 122 Å². The Hall–Kier alpha value is -4.45. The zero-order valence-electron chi connectivity index (χ0n) is 52.8. The number of rotatable bonds is 60. The topological polar surface area (TPSA) is 78.9 Å². The molecule has 0 aliphatic heterocycles. The fraction of sp³-hybridized carbons (Fsp3) is 0.667. The largest absolute Gasteiger partial charge is 0.462 e. The molecule has 0 aromatic rings. The van der Waals surface area contributed by atoms with Crippen molar-refractivity contribution in [2.24, 2.45) is 0 Å². The van der Waals surface area contributed by atoms with Crippen LogP contribution in [-0.2, 0) is 28.6 Å². The van der Waals surface area contributed by atoms with Gasteiger partial charge in [0.15, 0.2) is 6.10 Å². The van der Waals surface area contributed by atoms with Crippen LogP contribution in [0.2, 0.25) is 0 Å². The lowest BCUT2D eigenvalue weighted by atomic mass is 10.0. The Balaban J connectivity index is 4.41. The second-order valence-electron chi connectivity index (χ2n) is 22.0. The summed E-state index contributed by atoms with van der Waals surface area (Å²) >= 11 is 0. The van der Waals surface area contributed by atoms with Crippen molar-refractivity contribution in [2.45, 2.75) is 309 Å². The minimum absolute atomic E-state index is 0.0968. The Labute approximate surface area is 500 Å². The molecule has 1 atom stereocenters. The highest BCUT2D eigenvalue weighted by molar-refractivity contribution is 5.71. The van der Waals surface area contributed by atoms with Crippen LogP contribution in [0, 0.1) is 0 Å². The molecule has 0 fully saturated rings. The number of carbonyl (C=O) groups excluding carboxylic acids is 3. The predicted octanol–water partition coefficient (Wildman–Crippen LogP) is 23.3. The number of carbonyl (C=O) groups is 3. The van der Waals surface area contributed by atoms with E-state index < -0.39 is 6.10 Å². The first-order valence-electron chi connectivity index (χ1n) is 33.7. The Bertz CT molecular complexity index is 1720. The first-order valence-corrected chi connectivity index (χ1v) is 33.7. The van der Waals surface area contributed by atoms with E-state index in [4.69, 9.17) is 14.2 Å². The van der Waals surface area contributed by atoms with Gasteiger partial charge >= 0.3 is 17.9 Å². The number of ether oxygens (including phenoxy) is 3. The summed E-state index contributed by atoms with van der Waals surface area (Å²) in [6.07, 6.45) is 96.0. The molecule has 0 bridgehead atoms. The van der Waals surface area contributed by atoms with E-state index >= 15 is 0 Å². The second kappa shape index (κ2) is 68.1. The van der Waals surface area contributed by atoms with E-state index in [1.54, 1.807) is 0 Å². The standard InChI is InChI=1S/C75H124O6/c1-4-7-10-13-16-19-22-25-28-30-31-32-33-34-35-36-37-38-39-40-41-42-43-45-47-50-53-56-59-62-65-68-74(77)80-71-72(70-79-73(76)67-64-61-58-55-52-49-46-27-24-21-18-15-12-9-6-3)81-75(78)69-66-63-60-57-54-51-48-44-29-26-23-20-17-14-11-8-5-2/h7,10,16,18-19,21,25,27-28,31-32,34-35,37-38,40-41,43,45-46,50,53,72H,4-6,8-9,11-15,17,20,22-24,26,29-30,33,36,39,42,44,47-49,51-52,54-71H2,1-3H3/b10-7-,19-16-,21-18-,28-25-,32-31-,35-34-,38-37-,41-40-,45-43-,46-27-,53-50-. The molecule has 1 unspecified atom stereocenters.